The topological polar surface area (TPSA) is 67.2 Å². The monoisotopic (exact) mass is 321 g/mol. The van der Waals surface area contributed by atoms with Crippen molar-refractivity contribution in [3.8, 4) is 11.5 Å². The van der Waals surface area contributed by atoms with Crippen LogP contribution in [0.3, 0.4) is 0 Å². The number of hydrogen-bond donors (Lipinski definition) is 2. The van der Waals surface area contributed by atoms with Crippen molar-refractivity contribution in [2.24, 2.45) is 0 Å². The number of carbonyl (C=O) groups excluding carboxylic acids is 1. The van der Waals surface area contributed by atoms with E-state index in [0.29, 0.717) is 13.1 Å². The van der Waals surface area contributed by atoms with E-state index in [4.69, 9.17) is 4.42 Å². The van der Waals surface area contributed by atoms with E-state index in [-0.39, 0.29) is 6.03 Å². The average molecular weight is 321 g/mol. The van der Waals surface area contributed by atoms with Gasteiger partial charge in [0.15, 0.2) is 5.76 Å². The SMILES string of the molecule is O=C(NCCc1ccccc1)NCc1ccc(-c2ccco2)nc1. The first-order chi connectivity index (χ1) is 11.8. The van der Waals surface area contributed by atoms with Gasteiger partial charge in [-0.1, -0.05) is 36.4 Å². The zero-order valence-corrected chi connectivity index (χ0v) is 13.2. The van der Waals surface area contributed by atoms with Crippen LogP contribution in [0.15, 0.2) is 71.5 Å². The average Bonchev–Trinajstić information content (AvgIpc) is 3.16. The van der Waals surface area contributed by atoms with Crippen LogP contribution in [-0.4, -0.2) is 17.6 Å². The number of carbonyl (C=O) groups is 1. The molecule has 2 heterocycles. The summed E-state index contributed by atoms with van der Waals surface area (Å²) in [6, 6.07) is 17.4. The molecule has 0 radical (unpaired) electrons. The van der Waals surface area contributed by atoms with Gasteiger partial charge >= 0.3 is 6.03 Å². The van der Waals surface area contributed by atoms with Crippen molar-refractivity contribution >= 4 is 6.03 Å². The quantitative estimate of drug-likeness (QED) is 0.731. The molecule has 0 bridgehead atoms. The predicted molar refractivity (Wildman–Crippen MR) is 92.3 cm³/mol. The summed E-state index contributed by atoms with van der Waals surface area (Å²) in [7, 11) is 0. The first kappa shape index (κ1) is 15.8. The maximum atomic E-state index is 11.8. The molecule has 3 rings (SSSR count). The molecule has 122 valence electrons. The lowest BCUT2D eigenvalue weighted by Crippen LogP contribution is -2.36. The van der Waals surface area contributed by atoms with Gasteiger partial charge < -0.3 is 15.1 Å². The number of amides is 2. The molecule has 2 aromatic heterocycles. The maximum Gasteiger partial charge on any atom is 0.315 e. The molecule has 0 fully saturated rings. The first-order valence-corrected chi connectivity index (χ1v) is 7.86. The molecule has 0 aliphatic heterocycles. The molecular formula is C19H19N3O2. The van der Waals surface area contributed by atoms with E-state index in [1.807, 2.05) is 54.6 Å². The van der Waals surface area contributed by atoms with E-state index in [9.17, 15) is 4.79 Å². The minimum Gasteiger partial charge on any atom is -0.463 e. The number of pyridine rings is 1. The Kier molecular flexibility index (Phi) is 5.24. The minimum absolute atomic E-state index is 0.180. The summed E-state index contributed by atoms with van der Waals surface area (Å²) < 4.78 is 5.30. The van der Waals surface area contributed by atoms with Gasteiger partial charge in [0.25, 0.3) is 0 Å². The van der Waals surface area contributed by atoms with Gasteiger partial charge in [0.1, 0.15) is 5.69 Å². The number of furan rings is 1. The van der Waals surface area contributed by atoms with Gasteiger partial charge in [-0.05, 0) is 35.7 Å². The molecule has 5 nitrogen and oxygen atoms in total. The second kappa shape index (κ2) is 7.97. The Hall–Kier alpha value is -3.08. The maximum absolute atomic E-state index is 11.8. The van der Waals surface area contributed by atoms with Crippen LogP contribution in [0.1, 0.15) is 11.1 Å². The lowest BCUT2D eigenvalue weighted by molar-refractivity contribution is 0.240. The molecule has 0 saturated heterocycles. The number of nitrogens with one attached hydrogen (secondary N) is 2. The largest absolute Gasteiger partial charge is 0.463 e. The van der Waals surface area contributed by atoms with Crippen LogP contribution in [0.2, 0.25) is 0 Å². The van der Waals surface area contributed by atoms with E-state index in [0.717, 1.165) is 23.4 Å². The molecule has 0 aliphatic rings. The van der Waals surface area contributed by atoms with E-state index >= 15 is 0 Å². The normalized spacial score (nSPS) is 10.3. The smallest absolute Gasteiger partial charge is 0.315 e. The summed E-state index contributed by atoms with van der Waals surface area (Å²) in [6.07, 6.45) is 4.17. The molecule has 0 aliphatic carbocycles. The zero-order valence-electron chi connectivity index (χ0n) is 13.2. The first-order valence-electron chi connectivity index (χ1n) is 7.86. The summed E-state index contributed by atoms with van der Waals surface area (Å²) >= 11 is 0. The summed E-state index contributed by atoms with van der Waals surface area (Å²) in [5, 5.41) is 5.68. The summed E-state index contributed by atoms with van der Waals surface area (Å²) in [5.41, 5.74) is 2.91. The van der Waals surface area contributed by atoms with Crippen LogP contribution in [0.4, 0.5) is 4.79 Å². The third-order valence-electron chi connectivity index (χ3n) is 3.59. The van der Waals surface area contributed by atoms with Crippen LogP contribution in [0.25, 0.3) is 11.5 Å². The van der Waals surface area contributed by atoms with E-state index in [2.05, 4.69) is 15.6 Å². The molecule has 24 heavy (non-hydrogen) atoms. The number of hydrogen-bond acceptors (Lipinski definition) is 3. The Bertz CT molecular complexity index is 753. The molecule has 0 atom stereocenters. The van der Waals surface area contributed by atoms with Crippen LogP contribution >= 0.6 is 0 Å². The van der Waals surface area contributed by atoms with Crippen LogP contribution in [0.5, 0.6) is 0 Å². The van der Waals surface area contributed by atoms with Crippen molar-refractivity contribution in [2.75, 3.05) is 6.54 Å². The van der Waals surface area contributed by atoms with Gasteiger partial charge in [-0.2, -0.15) is 0 Å². The van der Waals surface area contributed by atoms with Crippen LogP contribution in [-0.2, 0) is 13.0 Å². The molecule has 0 saturated carbocycles. The van der Waals surface area contributed by atoms with Crippen molar-refractivity contribution < 1.29 is 9.21 Å². The molecule has 2 amide bonds. The fourth-order valence-corrected chi connectivity index (χ4v) is 2.31. The Morgan fingerprint density at radius 2 is 1.83 bits per heavy atom. The van der Waals surface area contributed by atoms with Gasteiger partial charge in [0, 0.05) is 19.3 Å². The predicted octanol–water partition coefficient (Wildman–Crippen LogP) is 3.38. The van der Waals surface area contributed by atoms with Crippen LogP contribution < -0.4 is 10.6 Å². The van der Waals surface area contributed by atoms with Crippen molar-refractivity contribution in [1.29, 1.82) is 0 Å². The van der Waals surface area contributed by atoms with Gasteiger partial charge in [-0.3, -0.25) is 4.98 Å². The number of rotatable bonds is 6. The summed E-state index contributed by atoms with van der Waals surface area (Å²) in [5.74, 6) is 0.730. The van der Waals surface area contributed by atoms with Crippen molar-refractivity contribution in [1.82, 2.24) is 15.6 Å². The number of nitrogens with zero attached hydrogens (tertiary/aromatic N) is 1. The summed E-state index contributed by atoms with van der Waals surface area (Å²) in [6.45, 7) is 1.04. The summed E-state index contributed by atoms with van der Waals surface area (Å²) in [4.78, 5) is 16.1. The third-order valence-corrected chi connectivity index (χ3v) is 3.59. The number of benzene rings is 1. The van der Waals surface area contributed by atoms with E-state index in [1.54, 1.807) is 12.5 Å². The number of urea groups is 1. The van der Waals surface area contributed by atoms with E-state index in [1.165, 1.54) is 5.56 Å². The highest BCUT2D eigenvalue weighted by molar-refractivity contribution is 5.73. The molecule has 0 spiro atoms. The van der Waals surface area contributed by atoms with Gasteiger partial charge in [-0.15, -0.1) is 0 Å². The van der Waals surface area contributed by atoms with Crippen LogP contribution in [0, 0.1) is 0 Å². The van der Waals surface area contributed by atoms with Crippen molar-refractivity contribution in [3.05, 3.63) is 78.2 Å². The molecule has 2 N–H and O–H groups in total. The van der Waals surface area contributed by atoms with Crippen molar-refractivity contribution in [3.63, 3.8) is 0 Å². The Morgan fingerprint density at radius 3 is 2.54 bits per heavy atom. The molecule has 1 aromatic carbocycles. The molecular weight excluding hydrogens is 302 g/mol. The third kappa shape index (κ3) is 4.46. The Balaban J connectivity index is 1.41. The molecule has 0 unspecified atom stereocenters. The van der Waals surface area contributed by atoms with E-state index < -0.39 is 0 Å². The fraction of sp³-hybridized carbons (Fsp3) is 0.158. The molecule has 5 heteroatoms. The Labute approximate surface area is 140 Å². The highest BCUT2D eigenvalue weighted by Gasteiger charge is 2.04. The standard InChI is InChI=1S/C19H19N3O2/c23-19(20-11-10-15-5-2-1-3-6-15)22-14-16-8-9-17(21-13-16)18-7-4-12-24-18/h1-9,12-13H,10-11,14H2,(H2,20,22,23). The lowest BCUT2D eigenvalue weighted by Gasteiger charge is -2.08. The van der Waals surface area contributed by atoms with Crippen molar-refractivity contribution in [2.45, 2.75) is 13.0 Å². The second-order valence-corrected chi connectivity index (χ2v) is 5.37. The van der Waals surface area contributed by atoms with Gasteiger partial charge in [0.05, 0.1) is 6.26 Å². The minimum atomic E-state index is -0.180. The zero-order chi connectivity index (χ0) is 16.6. The van der Waals surface area contributed by atoms with Gasteiger partial charge in [0.2, 0.25) is 0 Å². The number of aromatic nitrogens is 1. The molecule has 3 aromatic rings. The fourth-order valence-electron chi connectivity index (χ4n) is 2.31. The van der Waals surface area contributed by atoms with Gasteiger partial charge in [-0.25, -0.2) is 4.79 Å². The second-order valence-electron chi connectivity index (χ2n) is 5.37. The highest BCUT2D eigenvalue weighted by Crippen LogP contribution is 2.16. The highest BCUT2D eigenvalue weighted by atomic mass is 16.3. The Morgan fingerprint density at radius 1 is 0.958 bits per heavy atom. The lowest BCUT2D eigenvalue weighted by atomic mass is 10.1.